The molecule has 19 heavy (non-hydrogen) atoms. The summed E-state index contributed by atoms with van der Waals surface area (Å²) in [6.45, 7) is 11.2. The SMILES string of the molecule is CC1(C)C(CNC(=O)CCC2CCCCN2)C1(C)C. The summed E-state index contributed by atoms with van der Waals surface area (Å²) in [5, 5.41) is 6.63. The number of carbonyl (C=O) groups is 1. The molecule has 0 radical (unpaired) electrons. The van der Waals surface area contributed by atoms with Gasteiger partial charge < -0.3 is 10.6 Å². The largest absolute Gasteiger partial charge is 0.356 e. The topological polar surface area (TPSA) is 41.1 Å². The molecule has 0 bridgehead atoms. The third kappa shape index (κ3) is 3.13. The fraction of sp³-hybridized carbons (Fsp3) is 0.938. The van der Waals surface area contributed by atoms with Crippen LogP contribution >= 0.6 is 0 Å². The molecule has 1 saturated heterocycles. The van der Waals surface area contributed by atoms with Crippen molar-refractivity contribution < 1.29 is 4.79 Å². The lowest BCUT2D eigenvalue weighted by Gasteiger charge is -2.23. The second-order valence-corrected chi connectivity index (χ2v) is 7.49. The highest BCUT2D eigenvalue weighted by molar-refractivity contribution is 5.75. The quantitative estimate of drug-likeness (QED) is 0.803. The van der Waals surface area contributed by atoms with Crippen LogP contribution in [0.2, 0.25) is 0 Å². The maximum Gasteiger partial charge on any atom is 0.220 e. The fourth-order valence-corrected chi connectivity index (χ4v) is 3.62. The van der Waals surface area contributed by atoms with Gasteiger partial charge in [0.15, 0.2) is 0 Å². The van der Waals surface area contributed by atoms with Crippen LogP contribution in [0.15, 0.2) is 0 Å². The molecule has 2 rings (SSSR count). The monoisotopic (exact) mass is 266 g/mol. The summed E-state index contributed by atoms with van der Waals surface area (Å²) < 4.78 is 0. The zero-order chi connectivity index (χ0) is 14.1. The van der Waals surface area contributed by atoms with E-state index in [1.165, 1.54) is 19.3 Å². The summed E-state index contributed by atoms with van der Waals surface area (Å²) in [5.74, 6) is 0.850. The van der Waals surface area contributed by atoms with Crippen LogP contribution in [-0.4, -0.2) is 25.0 Å². The molecule has 0 aromatic heterocycles. The van der Waals surface area contributed by atoms with E-state index in [0.29, 0.717) is 29.2 Å². The summed E-state index contributed by atoms with van der Waals surface area (Å²) in [5.41, 5.74) is 0.733. The Morgan fingerprint density at radius 1 is 1.21 bits per heavy atom. The minimum Gasteiger partial charge on any atom is -0.356 e. The number of nitrogens with one attached hydrogen (secondary N) is 2. The normalized spacial score (nSPS) is 28.9. The Balaban J connectivity index is 1.63. The van der Waals surface area contributed by atoms with E-state index in [-0.39, 0.29) is 5.91 Å². The molecule has 1 atom stereocenters. The van der Waals surface area contributed by atoms with Crippen molar-refractivity contribution >= 4 is 5.91 Å². The fourth-order valence-electron chi connectivity index (χ4n) is 3.62. The molecule has 2 fully saturated rings. The number of amides is 1. The van der Waals surface area contributed by atoms with E-state index in [2.05, 4.69) is 38.3 Å². The third-order valence-corrected chi connectivity index (χ3v) is 5.96. The van der Waals surface area contributed by atoms with Crippen molar-refractivity contribution in [1.29, 1.82) is 0 Å². The van der Waals surface area contributed by atoms with E-state index < -0.39 is 0 Å². The Morgan fingerprint density at radius 2 is 1.89 bits per heavy atom. The van der Waals surface area contributed by atoms with Crippen molar-refractivity contribution in [3.63, 3.8) is 0 Å². The standard InChI is InChI=1S/C16H30N2O/c1-15(2)13(16(15,3)4)11-18-14(19)9-8-12-7-5-6-10-17-12/h12-13,17H,5-11H2,1-4H3,(H,18,19). The summed E-state index contributed by atoms with van der Waals surface area (Å²) in [7, 11) is 0. The van der Waals surface area contributed by atoms with Crippen molar-refractivity contribution in [2.75, 3.05) is 13.1 Å². The Bertz CT molecular complexity index is 316. The first-order valence-corrected chi connectivity index (χ1v) is 7.86. The highest BCUT2D eigenvalue weighted by Gasteiger charge is 2.64. The molecule has 1 aliphatic heterocycles. The van der Waals surface area contributed by atoms with Crippen LogP contribution in [-0.2, 0) is 4.79 Å². The third-order valence-electron chi connectivity index (χ3n) is 5.96. The molecule has 1 saturated carbocycles. The van der Waals surface area contributed by atoms with Crippen LogP contribution in [0.1, 0.15) is 59.8 Å². The number of carbonyl (C=O) groups excluding carboxylic acids is 1. The highest BCUT2D eigenvalue weighted by atomic mass is 16.1. The van der Waals surface area contributed by atoms with Crippen LogP contribution < -0.4 is 10.6 Å². The molecule has 2 aliphatic rings. The van der Waals surface area contributed by atoms with E-state index in [4.69, 9.17) is 0 Å². The lowest BCUT2D eigenvalue weighted by Crippen LogP contribution is -2.35. The van der Waals surface area contributed by atoms with Crippen LogP contribution in [0, 0.1) is 16.7 Å². The second-order valence-electron chi connectivity index (χ2n) is 7.49. The summed E-state index contributed by atoms with van der Waals surface area (Å²) in [4.78, 5) is 11.9. The maximum absolute atomic E-state index is 11.9. The zero-order valence-corrected chi connectivity index (χ0v) is 13.0. The van der Waals surface area contributed by atoms with Gasteiger partial charge in [-0.25, -0.2) is 0 Å². The first kappa shape index (κ1) is 14.8. The van der Waals surface area contributed by atoms with Crippen molar-refractivity contribution in [3.05, 3.63) is 0 Å². The number of piperidine rings is 1. The van der Waals surface area contributed by atoms with Crippen molar-refractivity contribution in [2.24, 2.45) is 16.7 Å². The number of hydrogen-bond donors (Lipinski definition) is 2. The van der Waals surface area contributed by atoms with Gasteiger partial charge in [-0.05, 0) is 42.6 Å². The predicted octanol–water partition coefficient (Wildman–Crippen LogP) is 2.71. The van der Waals surface area contributed by atoms with Gasteiger partial charge in [0.05, 0.1) is 0 Å². The summed E-state index contributed by atoms with van der Waals surface area (Å²) in [6, 6.07) is 0.563. The summed E-state index contributed by atoms with van der Waals surface area (Å²) in [6.07, 6.45) is 5.49. The number of rotatable bonds is 5. The molecule has 1 heterocycles. The minimum atomic E-state index is 0.228. The van der Waals surface area contributed by atoms with Gasteiger partial charge in [-0.2, -0.15) is 0 Å². The molecule has 0 spiro atoms. The van der Waals surface area contributed by atoms with Gasteiger partial charge in [-0.3, -0.25) is 4.79 Å². The van der Waals surface area contributed by atoms with Gasteiger partial charge in [0.2, 0.25) is 5.91 Å². The smallest absolute Gasteiger partial charge is 0.220 e. The molecule has 1 amide bonds. The van der Waals surface area contributed by atoms with E-state index in [1.54, 1.807) is 0 Å². The van der Waals surface area contributed by atoms with Crippen molar-refractivity contribution in [1.82, 2.24) is 10.6 Å². The molecule has 0 aromatic rings. The van der Waals surface area contributed by atoms with Gasteiger partial charge >= 0.3 is 0 Å². The Labute approximate surface area is 117 Å². The average molecular weight is 266 g/mol. The van der Waals surface area contributed by atoms with E-state index in [0.717, 1.165) is 19.5 Å². The first-order valence-electron chi connectivity index (χ1n) is 7.86. The Kier molecular flexibility index (Phi) is 4.24. The lowest BCUT2D eigenvalue weighted by molar-refractivity contribution is -0.121. The predicted molar refractivity (Wildman–Crippen MR) is 78.9 cm³/mol. The van der Waals surface area contributed by atoms with E-state index >= 15 is 0 Å². The summed E-state index contributed by atoms with van der Waals surface area (Å²) >= 11 is 0. The Hall–Kier alpha value is -0.570. The van der Waals surface area contributed by atoms with Gasteiger partial charge in [0, 0.05) is 19.0 Å². The molecule has 1 unspecified atom stereocenters. The van der Waals surface area contributed by atoms with E-state index in [1.807, 2.05) is 0 Å². The average Bonchev–Trinajstić information content (AvgIpc) is 2.76. The molecule has 0 aromatic carbocycles. The zero-order valence-electron chi connectivity index (χ0n) is 13.0. The number of hydrogen-bond acceptors (Lipinski definition) is 2. The highest BCUT2D eigenvalue weighted by Crippen LogP contribution is 2.67. The molecular formula is C16H30N2O. The van der Waals surface area contributed by atoms with Crippen molar-refractivity contribution in [3.8, 4) is 0 Å². The molecule has 3 heteroatoms. The molecule has 2 N–H and O–H groups in total. The van der Waals surface area contributed by atoms with Gasteiger partial charge in [-0.1, -0.05) is 34.1 Å². The second kappa shape index (κ2) is 5.43. The van der Waals surface area contributed by atoms with Gasteiger partial charge in [0.25, 0.3) is 0 Å². The van der Waals surface area contributed by atoms with Crippen LogP contribution in [0.3, 0.4) is 0 Å². The maximum atomic E-state index is 11.9. The van der Waals surface area contributed by atoms with Crippen LogP contribution in [0.5, 0.6) is 0 Å². The van der Waals surface area contributed by atoms with Gasteiger partial charge in [-0.15, -0.1) is 0 Å². The minimum absolute atomic E-state index is 0.228. The van der Waals surface area contributed by atoms with Crippen LogP contribution in [0.4, 0.5) is 0 Å². The molecule has 110 valence electrons. The van der Waals surface area contributed by atoms with Crippen molar-refractivity contribution in [2.45, 2.75) is 65.8 Å². The first-order chi connectivity index (χ1) is 8.85. The molecule has 3 nitrogen and oxygen atoms in total. The molecule has 1 aliphatic carbocycles. The molecular weight excluding hydrogens is 236 g/mol. The Morgan fingerprint density at radius 3 is 2.42 bits per heavy atom. The van der Waals surface area contributed by atoms with Crippen LogP contribution in [0.25, 0.3) is 0 Å². The van der Waals surface area contributed by atoms with E-state index in [9.17, 15) is 4.79 Å². The lowest BCUT2D eigenvalue weighted by atomic mass is 10.0. The van der Waals surface area contributed by atoms with Gasteiger partial charge in [0.1, 0.15) is 0 Å².